The molecule has 0 aromatic heterocycles. The fourth-order valence-electron chi connectivity index (χ4n) is 1.51. The number of carbonyl (C=O) groups excluding carboxylic acids is 1. The van der Waals surface area contributed by atoms with Gasteiger partial charge in [0.05, 0.1) is 23.5 Å². The number of hydrogen-bond acceptors (Lipinski definition) is 4. The van der Waals surface area contributed by atoms with Gasteiger partial charge in [-0.3, -0.25) is 0 Å². The minimum absolute atomic E-state index is 0.187. The van der Waals surface area contributed by atoms with Crippen LogP contribution in [0.1, 0.15) is 44.5 Å². The average Bonchev–Trinajstić information content (AvgIpc) is 2.38. The number of nitrogen functional groups attached to an aromatic ring is 1. The van der Waals surface area contributed by atoms with Gasteiger partial charge in [0, 0.05) is 6.54 Å². The van der Waals surface area contributed by atoms with Crippen LogP contribution in [0.15, 0.2) is 18.2 Å². The lowest BCUT2D eigenvalue weighted by atomic mass is 9.90. The van der Waals surface area contributed by atoms with Gasteiger partial charge >= 0.3 is 5.97 Å². The van der Waals surface area contributed by atoms with E-state index in [9.17, 15) is 4.79 Å². The number of hydrogen-bond donors (Lipinski definition) is 2. The van der Waals surface area contributed by atoms with Gasteiger partial charge in [-0.25, -0.2) is 4.79 Å². The monoisotopic (exact) mass is 264 g/mol. The first kappa shape index (κ1) is 15.3. The lowest BCUT2D eigenvalue weighted by Gasteiger charge is -2.24. The zero-order chi connectivity index (χ0) is 14.5. The Labute approximate surface area is 115 Å². The van der Waals surface area contributed by atoms with Crippen LogP contribution in [0.25, 0.3) is 0 Å². The SMILES string of the molecule is CCOC(=O)c1ccc(N)c(NCC(C)(C)CC)c1. The third-order valence-corrected chi connectivity index (χ3v) is 3.28. The maximum absolute atomic E-state index is 11.7. The molecule has 0 aliphatic heterocycles. The molecule has 4 nitrogen and oxygen atoms in total. The molecule has 0 heterocycles. The Kier molecular flexibility index (Phi) is 5.21. The van der Waals surface area contributed by atoms with Gasteiger partial charge in [-0.05, 0) is 37.0 Å². The van der Waals surface area contributed by atoms with E-state index in [0.717, 1.165) is 18.7 Å². The van der Waals surface area contributed by atoms with Crippen molar-refractivity contribution in [2.24, 2.45) is 5.41 Å². The van der Waals surface area contributed by atoms with Gasteiger partial charge in [0.1, 0.15) is 0 Å². The second kappa shape index (κ2) is 6.45. The standard InChI is InChI=1S/C15H24N2O2/c1-5-15(3,4)10-17-13-9-11(7-8-12(13)16)14(18)19-6-2/h7-9,17H,5-6,10,16H2,1-4H3. The molecule has 1 aromatic rings. The summed E-state index contributed by atoms with van der Waals surface area (Å²) in [7, 11) is 0. The zero-order valence-electron chi connectivity index (χ0n) is 12.2. The van der Waals surface area contributed by atoms with E-state index in [4.69, 9.17) is 10.5 Å². The fraction of sp³-hybridized carbons (Fsp3) is 0.533. The molecule has 0 aliphatic carbocycles. The topological polar surface area (TPSA) is 64.3 Å². The number of nitrogens with one attached hydrogen (secondary N) is 1. The van der Waals surface area contributed by atoms with Gasteiger partial charge in [-0.1, -0.05) is 20.8 Å². The maximum atomic E-state index is 11.7. The molecular formula is C15H24N2O2. The number of anilines is 2. The first-order valence-electron chi connectivity index (χ1n) is 6.70. The van der Waals surface area contributed by atoms with E-state index in [1.165, 1.54) is 0 Å². The predicted molar refractivity (Wildman–Crippen MR) is 79.4 cm³/mol. The van der Waals surface area contributed by atoms with Gasteiger partial charge in [0.25, 0.3) is 0 Å². The highest BCUT2D eigenvalue weighted by Gasteiger charge is 2.16. The highest BCUT2D eigenvalue weighted by molar-refractivity contribution is 5.92. The molecule has 0 bridgehead atoms. The average molecular weight is 264 g/mol. The third kappa shape index (κ3) is 4.47. The molecule has 0 saturated carbocycles. The normalized spacial score (nSPS) is 11.2. The second-order valence-corrected chi connectivity index (χ2v) is 5.39. The number of carbonyl (C=O) groups is 1. The molecule has 1 aromatic carbocycles. The number of rotatable bonds is 6. The summed E-state index contributed by atoms with van der Waals surface area (Å²) >= 11 is 0. The van der Waals surface area contributed by atoms with Crippen molar-refractivity contribution in [2.45, 2.75) is 34.1 Å². The molecule has 19 heavy (non-hydrogen) atoms. The lowest BCUT2D eigenvalue weighted by Crippen LogP contribution is -2.22. The van der Waals surface area contributed by atoms with E-state index in [2.05, 4.69) is 26.1 Å². The Morgan fingerprint density at radius 1 is 1.37 bits per heavy atom. The summed E-state index contributed by atoms with van der Waals surface area (Å²) in [5.74, 6) is -0.319. The Bertz CT molecular complexity index is 442. The highest BCUT2D eigenvalue weighted by atomic mass is 16.5. The van der Waals surface area contributed by atoms with Crippen LogP contribution < -0.4 is 11.1 Å². The van der Waals surface area contributed by atoms with Gasteiger partial charge in [0.15, 0.2) is 0 Å². The lowest BCUT2D eigenvalue weighted by molar-refractivity contribution is 0.0526. The molecule has 0 fully saturated rings. The largest absolute Gasteiger partial charge is 0.462 e. The van der Waals surface area contributed by atoms with Crippen molar-refractivity contribution >= 4 is 17.3 Å². The molecule has 0 amide bonds. The van der Waals surface area contributed by atoms with Crippen LogP contribution in [-0.2, 0) is 4.74 Å². The first-order chi connectivity index (χ1) is 8.89. The number of benzene rings is 1. The van der Waals surface area contributed by atoms with Crippen LogP contribution in [0.3, 0.4) is 0 Å². The van der Waals surface area contributed by atoms with Crippen molar-refractivity contribution in [3.63, 3.8) is 0 Å². The summed E-state index contributed by atoms with van der Waals surface area (Å²) in [5, 5.41) is 3.31. The van der Waals surface area contributed by atoms with Crippen molar-refractivity contribution in [3.05, 3.63) is 23.8 Å². The van der Waals surface area contributed by atoms with Crippen LogP contribution in [0.5, 0.6) is 0 Å². The Hall–Kier alpha value is -1.71. The summed E-state index contributed by atoms with van der Waals surface area (Å²) < 4.78 is 4.98. The van der Waals surface area contributed by atoms with Crippen LogP contribution >= 0.6 is 0 Å². The zero-order valence-corrected chi connectivity index (χ0v) is 12.2. The molecule has 0 atom stereocenters. The second-order valence-electron chi connectivity index (χ2n) is 5.39. The molecule has 4 heteroatoms. The molecule has 106 valence electrons. The van der Waals surface area contributed by atoms with Crippen molar-refractivity contribution in [1.82, 2.24) is 0 Å². The quantitative estimate of drug-likeness (QED) is 0.611. The smallest absolute Gasteiger partial charge is 0.338 e. The molecule has 0 aliphatic rings. The summed E-state index contributed by atoms with van der Waals surface area (Å²) in [4.78, 5) is 11.7. The molecule has 3 N–H and O–H groups in total. The van der Waals surface area contributed by atoms with Crippen molar-refractivity contribution < 1.29 is 9.53 Å². The van der Waals surface area contributed by atoms with Crippen molar-refractivity contribution in [1.29, 1.82) is 0 Å². The van der Waals surface area contributed by atoms with Crippen molar-refractivity contribution in [2.75, 3.05) is 24.2 Å². The van der Waals surface area contributed by atoms with Crippen LogP contribution in [-0.4, -0.2) is 19.1 Å². The van der Waals surface area contributed by atoms with E-state index in [1.807, 2.05) is 0 Å². The summed E-state index contributed by atoms with van der Waals surface area (Å²) in [6, 6.07) is 5.16. The molecule has 0 radical (unpaired) electrons. The molecule has 0 spiro atoms. The minimum atomic E-state index is -0.319. The molecule has 1 rings (SSSR count). The van der Waals surface area contributed by atoms with E-state index >= 15 is 0 Å². The summed E-state index contributed by atoms with van der Waals surface area (Å²) in [6.45, 7) is 9.49. The van der Waals surface area contributed by atoms with E-state index in [-0.39, 0.29) is 11.4 Å². The van der Waals surface area contributed by atoms with Crippen LogP contribution in [0.2, 0.25) is 0 Å². The summed E-state index contributed by atoms with van der Waals surface area (Å²) in [6.07, 6.45) is 1.07. The van der Waals surface area contributed by atoms with Crippen LogP contribution in [0, 0.1) is 5.41 Å². The number of esters is 1. The highest BCUT2D eigenvalue weighted by Crippen LogP contribution is 2.25. The van der Waals surface area contributed by atoms with Crippen molar-refractivity contribution in [3.8, 4) is 0 Å². The predicted octanol–water partition coefficient (Wildman–Crippen LogP) is 3.29. The van der Waals surface area contributed by atoms with Gasteiger partial charge in [0.2, 0.25) is 0 Å². The first-order valence-corrected chi connectivity index (χ1v) is 6.70. The number of ether oxygens (including phenoxy) is 1. The fourth-order valence-corrected chi connectivity index (χ4v) is 1.51. The maximum Gasteiger partial charge on any atom is 0.338 e. The van der Waals surface area contributed by atoms with Gasteiger partial charge in [-0.2, -0.15) is 0 Å². The summed E-state index contributed by atoms with van der Waals surface area (Å²) in [5.41, 5.74) is 8.05. The van der Waals surface area contributed by atoms with E-state index < -0.39 is 0 Å². The molecular weight excluding hydrogens is 240 g/mol. The minimum Gasteiger partial charge on any atom is -0.462 e. The molecule has 0 unspecified atom stereocenters. The Balaban J connectivity index is 2.83. The third-order valence-electron chi connectivity index (χ3n) is 3.28. The Morgan fingerprint density at radius 3 is 2.63 bits per heavy atom. The molecule has 0 saturated heterocycles. The van der Waals surface area contributed by atoms with Gasteiger partial charge < -0.3 is 15.8 Å². The van der Waals surface area contributed by atoms with E-state index in [0.29, 0.717) is 17.9 Å². The van der Waals surface area contributed by atoms with Crippen LogP contribution in [0.4, 0.5) is 11.4 Å². The number of nitrogens with two attached hydrogens (primary N) is 1. The Morgan fingerprint density at radius 2 is 2.05 bits per heavy atom. The van der Waals surface area contributed by atoms with Gasteiger partial charge in [-0.15, -0.1) is 0 Å². The van der Waals surface area contributed by atoms with E-state index in [1.54, 1.807) is 25.1 Å².